The Morgan fingerprint density at radius 2 is 2.20 bits per heavy atom. The van der Waals surface area contributed by atoms with Gasteiger partial charge in [-0.05, 0) is 12.1 Å². The number of hydrogen-bond acceptors (Lipinski definition) is 2. The van der Waals surface area contributed by atoms with Crippen molar-refractivity contribution in [3.63, 3.8) is 0 Å². The molecule has 0 radical (unpaired) electrons. The summed E-state index contributed by atoms with van der Waals surface area (Å²) in [5, 5.41) is 2.86. The molecule has 2 aromatic rings. The topological polar surface area (TPSA) is 46.9 Å². The van der Waals surface area contributed by atoms with Gasteiger partial charge < -0.3 is 9.88 Å². The van der Waals surface area contributed by atoms with Crippen LogP contribution in [-0.2, 0) is 11.3 Å². The molecule has 3 rings (SSSR count). The third-order valence-electron chi connectivity index (χ3n) is 2.47. The number of carbonyl (C=O) groups excluding carboxylic acids is 1. The summed E-state index contributed by atoms with van der Waals surface area (Å²) < 4.78 is 1.85. The summed E-state index contributed by atoms with van der Waals surface area (Å²) in [6, 6.07) is 7.68. The summed E-state index contributed by atoms with van der Waals surface area (Å²) in [7, 11) is 0. The lowest BCUT2D eigenvalue weighted by Gasteiger charge is -2.04. The molecule has 1 aromatic heterocycles. The van der Waals surface area contributed by atoms with Gasteiger partial charge in [-0.3, -0.25) is 4.79 Å². The van der Waals surface area contributed by atoms with Crippen LogP contribution >= 0.6 is 0 Å². The molecule has 0 saturated carbocycles. The Bertz CT molecular complexity index is 530. The summed E-state index contributed by atoms with van der Waals surface area (Å²) in [6.45, 7) is 0.323. The molecule has 4 heteroatoms. The molecule has 0 unspecified atom stereocenters. The molecule has 1 aliphatic heterocycles. The molecule has 1 aliphatic rings. The lowest BCUT2D eigenvalue weighted by atomic mass is 10.1. The standard InChI is InChI=1S/C11H9N3O/c15-10-7-14-6-5-12-11(14)8-3-1-2-4-9(8)13-10/h1-6H,7H2,(H,13,15). The summed E-state index contributed by atoms with van der Waals surface area (Å²) in [4.78, 5) is 15.8. The van der Waals surface area contributed by atoms with Crippen LogP contribution in [0.3, 0.4) is 0 Å². The third kappa shape index (κ3) is 1.22. The molecule has 0 bridgehead atoms. The van der Waals surface area contributed by atoms with Crippen molar-refractivity contribution >= 4 is 11.6 Å². The average molecular weight is 199 g/mol. The largest absolute Gasteiger partial charge is 0.324 e. The Hall–Kier alpha value is -2.10. The molecule has 15 heavy (non-hydrogen) atoms. The van der Waals surface area contributed by atoms with Gasteiger partial charge in [0.05, 0.1) is 5.69 Å². The summed E-state index contributed by atoms with van der Waals surface area (Å²) >= 11 is 0. The molecule has 0 atom stereocenters. The molecule has 4 nitrogen and oxygen atoms in total. The van der Waals surface area contributed by atoms with Gasteiger partial charge in [-0.1, -0.05) is 12.1 Å². The van der Waals surface area contributed by atoms with Crippen LogP contribution < -0.4 is 5.32 Å². The number of para-hydroxylation sites is 1. The molecular weight excluding hydrogens is 190 g/mol. The second-order valence-corrected chi connectivity index (χ2v) is 3.47. The van der Waals surface area contributed by atoms with E-state index in [1.54, 1.807) is 6.20 Å². The molecule has 0 spiro atoms. The average Bonchev–Trinajstić information content (AvgIpc) is 2.62. The van der Waals surface area contributed by atoms with Gasteiger partial charge in [0.1, 0.15) is 12.4 Å². The highest BCUT2D eigenvalue weighted by atomic mass is 16.2. The fourth-order valence-electron chi connectivity index (χ4n) is 1.81. The predicted molar refractivity (Wildman–Crippen MR) is 56.3 cm³/mol. The number of benzene rings is 1. The van der Waals surface area contributed by atoms with Crippen LogP contribution in [0.5, 0.6) is 0 Å². The van der Waals surface area contributed by atoms with Crippen molar-refractivity contribution in [2.45, 2.75) is 6.54 Å². The van der Waals surface area contributed by atoms with Crippen molar-refractivity contribution in [2.24, 2.45) is 0 Å². The number of amides is 1. The molecule has 1 amide bonds. The van der Waals surface area contributed by atoms with E-state index < -0.39 is 0 Å². The molecule has 1 aromatic carbocycles. The van der Waals surface area contributed by atoms with Gasteiger partial charge >= 0.3 is 0 Å². The van der Waals surface area contributed by atoms with Crippen molar-refractivity contribution in [2.75, 3.05) is 5.32 Å². The van der Waals surface area contributed by atoms with Crippen molar-refractivity contribution < 1.29 is 4.79 Å². The molecule has 1 N–H and O–H groups in total. The first kappa shape index (κ1) is 8.23. The zero-order valence-electron chi connectivity index (χ0n) is 7.97. The van der Waals surface area contributed by atoms with Gasteiger partial charge in [0.25, 0.3) is 0 Å². The van der Waals surface area contributed by atoms with E-state index in [1.807, 2.05) is 35.0 Å². The number of nitrogens with one attached hydrogen (secondary N) is 1. The Labute approximate surface area is 86.6 Å². The Kier molecular flexibility index (Phi) is 1.62. The predicted octanol–water partition coefficient (Wildman–Crippen LogP) is 1.50. The van der Waals surface area contributed by atoms with E-state index in [0.717, 1.165) is 17.1 Å². The number of aromatic nitrogens is 2. The van der Waals surface area contributed by atoms with Crippen molar-refractivity contribution in [1.29, 1.82) is 0 Å². The van der Waals surface area contributed by atoms with Crippen LogP contribution in [0.2, 0.25) is 0 Å². The lowest BCUT2D eigenvalue weighted by Crippen LogP contribution is -2.15. The monoisotopic (exact) mass is 199 g/mol. The minimum absolute atomic E-state index is 0.0146. The maximum atomic E-state index is 11.5. The van der Waals surface area contributed by atoms with Crippen LogP contribution in [0.15, 0.2) is 36.7 Å². The van der Waals surface area contributed by atoms with E-state index in [-0.39, 0.29) is 5.91 Å². The second-order valence-electron chi connectivity index (χ2n) is 3.47. The van der Waals surface area contributed by atoms with E-state index >= 15 is 0 Å². The van der Waals surface area contributed by atoms with Crippen molar-refractivity contribution in [3.05, 3.63) is 36.7 Å². The molecule has 0 aliphatic carbocycles. The number of fused-ring (bicyclic) bond motifs is 3. The molecule has 0 fully saturated rings. The van der Waals surface area contributed by atoms with Gasteiger partial charge in [0.2, 0.25) is 5.91 Å². The van der Waals surface area contributed by atoms with E-state index in [1.165, 1.54) is 0 Å². The summed E-state index contributed by atoms with van der Waals surface area (Å²) in [6.07, 6.45) is 3.53. The maximum Gasteiger partial charge on any atom is 0.244 e. The van der Waals surface area contributed by atoms with E-state index in [0.29, 0.717) is 6.54 Å². The summed E-state index contributed by atoms with van der Waals surface area (Å²) in [5.74, 6) is 0.822. The van der Waals surface area contributed by atoms with E-state index in [2.05, 4.69) is 10.3 Å². The highest BCUT2D eigenvalue weighted by Gasteiger charge is 2.17. The Morgan fingerprint density at radius 1 is 1.33 bits per heavy atom. The van der Waals surface area contributed by atoms with Gasteiger partial charge in [-0.25, -0.2) is 4.98 Å². The Balaban J connectivity index is 2.29. The summed E-state index contributed by atoms with van der Waals surface area (Å²) in [5.41, 5.74) is 1.79. The first-order valence-electron chi connectivity index (χ1n) is 4.75. The fraction of sp³-hybridized carbons (Fsp3) is 0.0909. The van der Waals surface area contributed by atoms with Gasteiger partial charge in [-0.15, -0.1) is 0 Å². The molecule has 2 heterocycles. The molecule has 0 saturated heterocycles. The highest BCUT2D eigenvalue weighted by Crippen LogP contribution is 2.28. The van der Waals surface area contributed by atoms with Crippen LogP contribution in [0, 0.1) is 0 Å². The zero-order chi connectivity index (χ0) is 10.3. The number of hydrogen-bond donors (Lipinski definition) is 1. The number of carbonyl (C=O) groups is 1. The maximum absolute atomic E-state index is 11.5. The Morgan fingerprint density at radius 3 is 3.13 bits per heavy atom. The quantitative estimate of drug-likeness (QED) is 0.699. The fourth-order valence-corrected chi connectivity index (χ4v) is 1.81. The second kappa shape index (κ2) is 2.95. The SMILES string of the molecule is O=C1Cn2ccnc2-c2ccccc2N1. The van der Waals surface area contributed by atoms with Gasteiger partial charge in [0, 0.05) is 18.0 Å². The van der Waals surface area contributed by atoms with Gasteiger partial charge in [0.15, 0.2) is 0 Å². The van der Waals surface area contributed by atoms with Crippen LogP contribution in [0.4, 0.5) is 5.69 Å². The zero-order valence-corrected chi connectivity index (χ0v) is 7.97. The van der Waals surface area contributed by atoms with Crippen molar-refractivity contribution in [1.82, 2.24) is 9.55 Å². The lowest BCUT2D eigenvalue weighted by molar-refractivity contribution is -0.116. The number of rotatable bonds is 0. The highest BCUT2D eigenvalue weighted by molar-refractivity contribution is 5.96. The molecule has 74 valence electrons. The van der Waals surface area contributed by atoms with Crippen LogP contribution in [0.25, 0.3) is 11.4 Å². The molecular formula is C11H9N3O. The van der Waals surface area contributed by atoms with Crippen LogP contribution in [-0.4, -0.2) is 15.5 Å². The van der Waals surface area contributed by atoms with E-state index in [9.17, 15) is 4.79 Å². The number of imidazole rings is 1. The number of nitrogens with zero attached hydrogens (tertiary/aromatic N) is 2. The number of anilines is 1. The first-order chi connectivity index (χ1) is 7.34. The van der Waals surface area contributed by atoms with Gasteiger partial charge in [-0.2, -0.15) is 0 Å². The third-order valence-corrected chi connectivity index (χ3v) is 2.47. The van der Waals surface area contributed by atoms with Crippen LogP contribution in [0.1, 0.15) is 0 Å². The van der Waals surface area contributed by atoms with Crippen molar-refractivity contribution in [3.8, 4) is 11.4 Å². The minimum atomic E-state index is -0.0146. The smallest absolute Gasteiger partial charge is 0.244 e. The first-order valence-corrected chi connectivity index (χ1v) is 4.75. The minimum Gasteiger partial charge on any atom is -0.324 e. The normalized spacial score (nSPS) is 13.7. The van der Waals surface area contributed by atoms with E-state index in [4.69, 9.17) is 0 Å².